The fourth-order valence-corrected chi connectivity index (χ4v) is 5.40. The number of amidine groups is 1. The van der Waals surface area contributed by atoms with Crippen molar-refractivity contribution in [3.63, 3.8) is 0 Å². The van der Waals surface area contributed by atoms with Crippen LogP contribution >= 0.6 is 11.6 Å². The van der Waals surface area contributed by atoms with E-state index in [1.807, 2.05) is 53.1 Å². The number of nitrogens with one attached hydrogen (secondary N) is 1. The van der Waals surface area contributed by atoms with E-state index in [0.717, 1.165) is 40.9 Å². The number of nitrogens with zero attached hydrogens (tertiary/aromatic N) is 5. The molecule has 1 aromatic heterocycles. The molecule has 20 heteroatoms. The number of hydrazone groups is 1. The summed E-state index contributed by atoms with van der Waals surface area (Å²) in [6, 6.07) is 15.7. The van der Waals surface area contributed by atoms with Crippen molar-refractivity contribution in [3.8, 4) is 11.1 Å². The molecule has 0 aliphatic carbocycles. The molecule has 2 aromatic carbocycles. The maximum absolute atomic E-state index is 12.8. The minimum absolute atomic E-state index is 0.0351. The molecular formula is C33H45ClN8O11. The minimum atomic E-state index is -1.12. The smallest absolute Gasteiger partial charge is 0.360 e. The summed E-state index contributed by atoms with van der Waals surface area (Å²) in [5.41, 5.74) is 6.39. The van der Waals surface area contributed by atoms with Crippen LogP contribution in [0.4, 0.5) is 0 Å². The molecule has 290 valence electrons. The van der Waals surface area contributed by atoms with Gasteiger partial charge in [-0.3, -0.25) is 4.79 Å². The Balaban J connectivity index is 0.000000457. The number of hydrogen-bond donors (Lipinski definition) is 3. The molecule has 0 spiro atoms. The van der Waals surface area contributed by atoms with Crippen molar-refractivity contribution in [2.24, 2.45) is 22.7 Å². The van der Waals surface area contributed by atoms with Crippen molar-refractivity contribution in [1.29, 1.82) is 0 Å². The molecule has 4 atom stereocenters. The van der Waals surface area contributed by atoms with E-state index in [1.165, 1.54) is 14.0 Å². The monoisotopic (exact) mass is 764 g/mol. The van der Waals surface area contributed by atoms with Crippen molar-refractivity contribution in [3.05, 3.63) is 96.6 Å². The lowest BCUT2D eigenvalue weighted by molar-refractivity contribution is -0.799. The number of methoxy groups -OCH3 is 1. The normalized spacial score (nSPS) is 13.3. The van der Waals surface area contributed by atoms with Crippen molar-refractivity contribution in [1.82, 2.24) is 15.0 Å². The first kappa shape index (κ1) is 43.6. The van der Waals surface area contributed by atoms with Gasteiger partial charge in [-0.1, -0.05) is 80.4 Å². The SMILES string of the molecule is CC(CCOC=O)C(O[N+](=O)[O-])C(C)O[N+](=O)[O-].CCCCc1nc(Cl)c(C(=O)OC(C)OC)n1Cc1ccc(-c2ccccc2/C(=N/N)NN)cc1. The third-order valence-electron chi connectivity index (χ3n) is 7.85. The van der Waals surface area contributed by atoms with Crippen molar-refractivity contribution < 1.29 is 43.6 Å². The van der Waals surface area contributed by atoms with Crippen LogP contribution in [0, 0.1) is 26.1 Å². The Bertz CT molecular complexity index is 1670. The topological polar surface area (TPSA) is 261 Å². The summed E-state index contributed by atoms with van der Waals surface area (Å²) >= 11 is 6.39. The number of hydrazine groups is 1. The summed E-state index contributed by atoms with van der Waals surface area (Å²) in [5, 5.41) is 22.2. The van der Waals surface area contributed by atoms with E-state index in [4.69, 9.17) is 32.8 Å². The van der Waals surface area contributed by atoms with Gasteiger partial charge < -0.3 is 39.7 Å². The minimum Gasteiger partial charge on any atom is -0.468 e. The van der Waals surface area contributed by atoms with Gasteiger partial charge in [0, 0.05) is 25.6 Å². The number of hydrogen-bond acceptors (Lipinski definition) is 15. The number of esters is 1. The number of halogens is 1. The number of aryl methyl sites for hydroxylation is 1. The van der Waals surface area contributed by atoms with Gasteiger partial charge in [0.1, 0.15) is 18.0 Å². The number of unbranched alkanes of at least 4 members (excludes halogenated alkanes) is 1. The lowest BCUT2D eigenvalue weighted by Gasteiger charge is -2.25. The summed E-state index contributed by atoms with van der Waals surface area (Å²) in [4.78, 5) is 56.3. The quantitative estimate of drug-likeness (QED) is 0.0168. The summed E-state index contributed by atoms with van der Waals surface area (Å²) in [7, 11) is 1.47. The molecular weight excluding hydrogens is 720 g/mol. The lowest BCUT2D eigenvalue weighted by Crippen LogP contribution is -2.38. The van der Waals surface area contributed by atoms with Gasteiger partial charge >= 0.3 is 5.97 Å². The van der Waals surface area contributed by atoms with Crippen molar-refractivity contribution in [2.75, 3.05) is 13.7 Å². The number of nitrogens with two attached hydrogens (primary N) is 2. The van der Waals surface area contributed by atoms with Crippen molar-refractivity contribution in [2.45, 2.75) is 78.4 Å². The number of rotatable bonds is 20. The molecule has 0 aliphatic heterocycles. The van der Waals surface area contributed by atoms with Crippen LogP contribution in [-0.2, 0) is 41.6 Å². The fourth-order valence-electron chi connectivity index (χ4n) is 5.12. The Morgan fingerprint density at radius 2 is 1.75 bits per heavy atom. The zero-order valence-corrected chi connectivity index (χ0v) is 30.8. The van der Waals surface area contributed by atoms with E-state index >= 15 is 0 Å². The molecule has 3 rings (SSSR count). The van der Waals surface area contributed by atoms with Crippen LogP contribution in [0.5, 0.6) is 0 Å². The molecule has 0 bridgehead atoms. The number of carbonyl (C=O) groups is 2. The molecule has 1 heterocycles. The highest BCUT2D eigenvalue weighted by Crippen LogP contribution is 2.26. The highest BCUT2D eigenvalue weighted by atomic mass is 35.5. The molecule has 0 radical (unpaired) electrons. The summed E-state index contributed by atoms with van der Waals surface area (Å²) in [6.45, 7) is 7.28. The second-order valence-corrected chi connectivity index (χ2v) is 11.8. The predicted molar refractivity (Wildman–Crippen MR) is 192 cm³/mol. The second-order valence-electron chi connectivity index (χ2n) is 11.5. The van der Waals surface area contributed by atoms with Gasteiger partial charge in [-0.05, 0) is 49.3 Å². The van der Waals surface area contributed by atoms with E-state index < -0.39 is 40.6 Å². The van der Waals surface area contributed by atoms with Crippen LogP contribution in [0.25, 0.3) is 11.1 Å². The van der Waals surface area contributed by atoms with Gasteiger partial charge in [0.15, 0.2) is 23.0 Å². The van der Waals surface area contributed by atoms with Crippen LogP contribution in [0.2, 0.25) is 5.15 Å². The molecule has 53 heavy (non-hydrogen) atoms. The van der Waals surface area contributed by atoms with E-state index in [9.17, 15) is 29.8 Å². The average molecular weight is 765 g/mol. The van der Waals surface area contributed by atoms with Gasteiger partial charge in [-0.2, -0.15) is 5.10 Å². The van der Waals surface area contributed by atoms with Gasteiger partial charge in [-0.25, -0.2) is 15.6 Å². The molecule has 0 saturated heterocycles. The Labute approximate surface area is 310 Å². The third-order valence-corrected chi connectivity index (χ3v) is 8.12. The summed E-state index contributed by atoms with van der Waals surface area (Å²) in [5.74, 6) is 11.1. The molecule has 3 aromatic rings. The number of benzene rings is 2. The number of ether oxygens (including phenoxy) is 3. The van der Waals surface area contributed by atoms with E-state index in [-0.39, 0.29) is 30.3 Å². The number of carbonyl (C=O) groups excluding carboxylic acids is 2. The summed E-state index contributed by atoms with van der Waals surface area (Å²) in [6.07, 6.45) is -0.0791. The van der Waals surface area contributed by atoms with Crippen molar-refractivity contribution >= 4 is 29.9 Å². The third kappa shape index (κ3) is 13.5. The second kappa shape index (κ2) is 22.4. The van der Waals surface area contributed by atoms with E-state index in [0.29, 0.717) is 18.8 Å². The Morgan fingerprint density at radius 3 is 2.32 bits per heavy atom. The first-order valence-electron chi connectivity index (χ1n) is 16.4. The Morgan fingerprint density at radius 1 is 1.09 bits per heavy atom. The van der Waals surface area contributed by atoms with Gasteiger partial charge in [0.2, 0.25) is 0 Å². The fraction of sp³-hybridized carbons (Fsp3) is 0.455. The van der Waals surface area contributed by atoms with Crippen LogP contribution in [0.15, 0.2) is 53.6 Å². The molecule has 0 aliphatic rings. The zero-order chi connectivity index (χ0) is 39.5. The maximum atomic E-state index is 12.8. The van der Waals surface area contributed by atoms with Crippen LogP contribution in [0.1, 0.15) is 74.4 Å². The van der Waals surface area contributed by atoms with Crippen LogP contribution < -0.4 is 17.1 Å². The highest BCUT2D eigenvalue weighted by Gasteiger charge is 2.30. The largest absolute Gasteiger partial charge is 0.468 e. The molecule has 0 saturated carbocycles. The molecule has 5 N–H and O–H groups in total. The predicted octanol–water partition coefficient (Wildman–Crippen LogP) is 4.19. The van der Waals surface area contributed by atoms with Gasteiger partial charge in [0.25, 0.3) is 16.6 Å². The Hall–Kier alpha value is -5.53. The van der Waals surface area contributed by atoms with E-state index in [1.54, 1.807) is 13.8 Å². The van der Waals surface area contributed by atoms with Gasteiger partial charge in [0.05, 0.1) is 6.61 Å². The molecule has 0 amide bonds. The van der Waals surface area contributed by atoms with E-state index in [2.05, 4.69) is 36.8 Å². The highest BCUT2D eigenvalue weighted by molar-refractivity contribution is 6.32. The van der Waals surface area contributed by atoms with Gasteiger partial charge in [-0.15, -0.1) is 20.2 Å². The first-order chi connectivity index (χ1) is 25.3. The molecule has 4 unspecified atom stereocenters. The maximum Gasteiger partial charge on any atom is 0.360 e. The zero-order valence-electron chi connectivity index (χ0n) is 30.0. The molecule has 0 fully saturated rings. The van der Waals surface area contributed by atoms with Crippen LogP contribution in [-0.4, -0.2) is 70.2 Å². The first-order valence-corrected chi connectivity index (χ1v) is 16.8. The number of aromatic nitrogens is 2. The molecule has 19 nitrogen and oxygen atoms in total. The summed E-state index contributed by atoms with van der Waals surface area (Å²) < 4.78 is 16.7. The standard InChI is InChI=1S/C25H31ClN6O3.C8H14N2O8/c1-4-5-10-21-29-23(26)22(25(33)35-16(2)34-3)32(21)15-17-11-13-18(14-12-17)19-8-6-7-9-20(19)24(30-27)31-28;1-6(3-4-16-5-11)8(18-10(14)15)7(2)17-9(12)13/h6-9,11-14,16H,4-5,10,15,27-28H2,1-3H3,(H,30,31);5-8H,3-4H2,1-2H3. The van der Waals surface area contributed by atoms with Crippen LogP contribution in [0.3, 0.4) is 0 Å². The lowest BCUT2D eigenvalue weighted by atomic mass is 9.97. The number of imidazole rings is 1. The Kier molecular flexibility index (Phi) is 18.5. The average Bonchev–Trinajstić information content (AvgIpc) is 3.44.